The second kappa shape index (κ2) is 3.50. The summed E-state index contributed by atoms with van der Waals surface area (Å²) in [7, 11) is 0. The molecular weight excluding hydrogens is 180 g/mol. The quantitative estimate of drug-likeness (QED) is 0.717. The van der Waals surface area contributed by atoms with Gasteiger partial charge in [0, 0.05) is 5.92 Å². The van der Waals surface area contributed by atoms with Crippen molar-refractivity contribution in [2.75, 3.05) is 0 Å². The highest BCUT2D eigenvalue weighted by Gasteiger charge is 2.14. The molecule has 0 amide bonds. The van der Waals surface area contributed by atoms with Crippen LogP contribution in [0.25, 0.3) is 0 Å². The molecule has 1 unspecified atom stereocenters. The first kappa shape index (κ1) is 8.94. The molecule has 0 aliphatic carbocycles. The Labute approximate surface area is 75.6 Å². The van der Waals surface area contributed by atoms with Crippen LogP contribution in [0.1, 0.15) is 31.7 Å². The molecule has 0 aliphatic rings. The molecule has 0 bridgehead atoms. The molecule has 0 aliphatic heterocycles. The van der Waals surface area contributed by atoms with Gasteiger partial charge in [-0.05, 0) is 17.5 Å². The molecule has 1 aromatic heterocycles. The van der Waals surface area contributed by atoms with Crippen molar-refractivity contribution >= 4 is 22.9 Å². The zero-order valence-corrected chi connectivity index (χ0v) is 8.41. The van der Waals surface area contributed by atoms with Gasteiger partial charge < -0.3 is 0 Å². The molecule has 0 fully saturated rings. The van der Waals surface area contributed by atoms with Gasteiger partial charge in [-0.25, -0.2) is 0 Å². The fourth-order valence-corrected chi connectivity index (χ4v) is 1.75. The van der Waals surface area contributed by atoms with Crippen LogP contribution in [0.3, 0.4) is 0 Å². The monoisotopic (exact) mass is 190 g/mol. The molecule has 4 heteroatoms. The highest BCUT2D eigenvalue weighted by atomic mass is 35.5. The van der Waals surface area contributed by atoms with Crippen molar-refractivity contribution < 1.29 is 0 Å². The lowest BCUT2D eigenvalue weighted by Gasteiger charge is -2.10. The van der Waals surface area contributed by atoms with Crippen molar-refractivity contribution in [3.8, 4) is 0 Å². The first-order valence-electron chi connectivity index (χ1n) is 3.60. The normalized spacial score (nSPS) is 13.9. The molecule has 0 N–H and O–H groups in total. The van der Waals surface area contributed by atoms with Crippen LogP contribution in [0.5, 0.6) is 0 Å². The van der Waals surface area contributed by atoms with E-state index in [0.29, 0.717) is 16.3 Å². The Hall–Kier alpha value is -0.150. The summed E-state index contributed by atoms with van der Waals surface area (Å²) in [5.74, 6) is 1.05. The van der Waals surface area contributed by atoms with E-state index in [2.05, 4.69) is 31.0 Å². The van der Waals surface area contributed by atoms with Gasteiger partial charge in [-0.15, -0.1) is 10.2 Å². The molecule has 0 saturated heterocycles. The van der Waals surface area contributed by atoms with E-state index in [1.807, 2.05) is 0 Å². The molecule has 1 aromatic rings. The lowest BCUT2D eigenvalue weighted by atomic mass is 9.99. The van der Waals surface area contributed by atoms with E-state index < -0.39 is 0 Å². The first-order valence-corrected chi connectivity index (χ1v) is 4.79. The summed E-state index contributed by atoms with van der Waals surface area (Å²) >= 11 is 7.12. The molecule has 1 heterocycles. The van der Waals surface area contributed by atoms with Gasteiger partial charge in [0.1, 0.15) is 5.01 Å². The number of hydrogen-bond donors (Lipinski definition) is 0. The third kappa shape index (κ3) is 2.14. The van der Waals surface area contributed by atoms with E-state index in [0.717, 1.165) is 5.01 Å². The average Bonchev–Trinajstić information content (AvgIpc) is 2.34. The van der Waals surface area contributed by atoms with Crippen LogP contribution in [0, 0.1) is 5.92 Å². The Morgan fingerprint density at radius 2 is 1.91 bits per heavy atom. The van der Waals surface area contributed by atoms with E-state index >= 15 is 0 Å². The second-order valence-electron chi connectivity index (χ2n) is 2.93. The number of halogens is 1. The standard InChI is InChI=1S/C7H11ClN2S/c1-4(2)5(3)6-9-10-7(8)11-6/h4-5H,1-3H3. The lowest BCUT2D eigenvalue weighted by Crippen LogP contribution is -2.00. The van der Waals surface area contributed by atoms with Gasteiger partial charge in [-0.3, -0.25) is 0 Å². The van der Waals surface area contributed by atoms with Crippen LogP contribution >= 0.6 is 22.9 Å². The summed E-state index contributed by atoms with van der Waals surface area (Å²) in [5, 5.41) is 8.76. The maximum atomic E-state index is 5.65. The highest BCUT2D eigenvalue weighted by molar-refractivity contribution is 7.15. The minimum atomic E-state index is 0.458. The fourth-order valence-electron chi connectivity index (χ4n) is 0.685. The lowest BCUT2D eigenvalue weighted by molar-refractivity contribution is 0.529. The number of hydrogen-bond acceptors (Lipinski definition) is 3. The zero-order valence-electron chi connectivity index (χ0n) is 6.84. The smallest absolute Gasteiger partial charge is 0.142 e. The van der Waals surface area contributed by atoms with Crippen LogP contribution in [-0.2, 0) is 0 Å². The Bertz CT molecular complexity index is 234. The molecule has 0 aromatic carbocycles. The SMILES string of the molecule is CC(C)C(C)c1nnc(Cl)s1. The first-order chi connectivity index (χ1) is 5.11. The van der Waals surface area contributed by atoms with Gasteiger partial charge in [-0.1, -0.05) is 32.1 Å². The minimum Gasteiger partial charge on any atom is -0.142 e. The highest BCUT2D eigenvalue weighted by Crippen LogP contribution is 2.27. The third-order valence-electron chi connectivity index (χ3n) is 1.81. The third-order valence-corrected chi connectivity index (χ3v) is 3.03. The van der Waals surface area contributed by atoms with Crippen LogP contribution in [0.4, 0.5) is 0 Å². The predicted octanol–water partition coefficient (Wildman–Crippen LogP) is 2.95. The van der Waals surface area contributed by atoms with E-state index in [1.54, 1.807) is 0 Å². The van der Waals surface area contributed by atoms with Gasteiger partial charge in [0.15, 0.2) is 0 Å². The van der Waals surface area contributed by atoms with Gasteiger partial charge in [0.2, 0.25) is 4.47 Å². The minimum absolute atomic E-state index is 0.458. The molecule has 62 valence electrons. The Kier molecular flexibility index (Phi) is 2.84. The summed E-state index contributed by atoms with van der Waals surface area (Å²) < 4.78 is 0.535. The molecule has 1 atom stereocenters. The van der Waals surface area contributed by atoms with Crippen molar-refractivity contribution in [1.82, 2.24) is 10.2 Å². The Morgan fingerprint density at radius 1 is 1.27 bits per heavy atom. The van der Waals surface area contributed by atoms with Crippen molar-refractivity contribution in [2.45, 2.75) is 26.7 Å². The van der Waals surface area contributed by atoms with Crippen LogP contribution in [0.2, 0.25) is 4.47 Å². The van der Waals surface area contributed by atoms with Crippen LogP contribution in [0.15, 0.2) is 0 Å². The molecule has 0 saturated carbocycles. The van der Waals surface area contributed by atoms with Crippen molar-refractivity contribution in [3.63, 3.8) is 0 Å². The van der Waals surface area contributed by atoms with E-state index in [-0.39, 0.29) is 0 Å². The van der Waals surface area contributed by atoms with Gasteiger partial charge in [0.05, 0.1) is 0 Å². The van der Waals surface area contributed by atoms with Gasteiger partial charge in [0.25, 0.3) is 0 Å². The summed E-state index contributed by atoms with van der Waals surface area (Å²) in [6, 6.07) is 0. The molecule has 0 spiro atoms. The van der Waals surface area contributed by atoms with E-state index in [1.165, 1.54) is 11.3 Å². The van der Waals surface area contributed by atoms with Gasteiger partial charge in [-0.2, -0.15) is 0 Å². The van der Waals surface area contributed by atoms with Crippen molar-refractivity contribution in [1.29, 1.82) is 0 Å². The maximum absolute atomic E-state index is 5.65. The largest absolute Gasteiger partial charge is 0.207 e. The summed E-state index contributed by atoms with van der Waals surface area (Å²) in [6.45, 7) is 6.47. The average molecular weight is 191 g/mol. The van der Waals surface area contributed by atoms with Crippen LogP contribution < -0.4 is 0 Å². The Balaban J connectivity index is 2.76. The number of aromatic nitrogens is 2. The van der Waals surface area contributed by atoms with Gasteiger partial charge >= 0.3 is 0 Å². The van der Waals surface area contributed by atoms with Crippen molar-refractivity contribution in [3.05, 3.63) is 9.47 Å². The number of rotatable bonds is 2. The van der Waals surface area contributed by atoms with E-state index in [4.69, 9.17) is 11.6 Å². The molecule has 11 heavy (non-hydrogen) atoms. The molecule has 0 radical (unpaired) electrons. The van der Waals surface area contributed by atoms with Crippen molar-refractivity contribution in [2.24, 2.45) is 5.92 Å². The number of nitrogens with zero attached hydrogens (tertiary/aromatic N) is 2. The topological polar surface area (TPSA) is 25.8 Å². The predicted molar refractivity (Wildman–Crippen MR) is 48.2 cm³/mol. The van der Waals surface area contributed by atoms with Crippen LogP contribution in [-0.4, -0.2) is 10.2 Å². The molecule has 2 nitrogen and oxygen atoms in total. The van der Waals surface area contributed by atoms with E-state index in [9.17, 15) is 0 Å². The summed E-state index contributed by atoms with van der Waals surface area (Å²) in [6.07, 6.45) is 0. The molecular formula is C7H11ClN2S. The second-order valence-corrected chi connectivity index (χ2v) is 4.52. The maximum Gasteiger partial charge on any atom is 0.207 e. The zero-order chi connectivity index (χ0) is 8.43. The summed E-state index contributed by atoms with van der Waals surface area (Å²) in [5.41, 5.74) is 0. The fraction of sp³-hybridized carbons (Fsp3) is 0.714. The molecule has 1 rings (SSSR count). The Morgan fingerprint density at radius 3 is 2.27 bits per heavy atom. The summed E-state index contributed by atoms with van der Waals surface area (Å²) in [4.78, 5) is 0.